The number of nitrogens with one attached hydrogen (secondary N) is 2. The van der Waals surface area contributed by atoms with Crippen LogP contribution in [0.5, 0.6) is 0 Å². The number of carbonyl (C=O) groups is 1. The van der Waals surface area contributed by atoms with E-state index in [2.05, 4.69) is 20.6 Å². The average molecular weight is 370 g/mol. The Morgan fingerprint density at radius 1 is 1.07 bits per heavy atom. The number of hydrogen-bond acceptors (Lipinski definition) is 7. The summed E-state index contributed by atoms with van der Waals surface area (Å²) in [4.78, 5) is 20.5. The van der Waals surface area contributed by atoms with Crippen molar-refractivity contribution in [2.45, 2.75) is 0 Å². The van der Waals surface area contributed by atoms with Gasteiger partial charge >= 0.3 is 12.0 Å². The molecule has 27 heavy (non-hydrogen) atoms. The summed E-state index contributed by atoms with van der Waals surface area (Å²) in [6, 6.07) is 9.23. The molecule has 2 heterocycles. The van der Waals surface area contributed by atoms with E-state index < -0.39 is 5.82 Å². The highest BCUT2D eigenvalue weighted by molar-refractivity contribution is 5.97. The fourth-order valence-electron chi connectivity index (χ4n) is 2.54. The van der Waals surface area contributed by atoms with Crippen LogP contribution >= 0.6 is 0 Å². The first-order valence-corrected chi connectivity index (χ1v) is 8.13. The third-order valence-electron chi connectivity index (χ3n) is 3.80. The number of amides is 1. The van der Waals surface area contributed by atoms with E-state index in [0.29, 0.717) is 40.9 Å². The Balaban J connectivity index is 1.54. The number of rotatable bonds is 6. The molecule has 138 valence electrons. The third-order valence-corrected chi connectivity index (χ3v) is 3.80. The van der Waals surface area contributed by atoms with Gasteiger partial charge in [-0.25, -0.2) is 4.39 Å². The standard InChI is InChI=1S/C18H15FN4O4/c1-25-7-6-20-16(24)10-2-4-14-12(8-10)21-17(26-14)23-18-22-13-9-11(19)3-5-15(13)27-18/h2-5,8-9H,6-7H2,1H3,(H,20,24)(H,21,22,23). The van der Waals surface area contributed by atoms with Gasteiger partial charge in [0.15, 0.2) is 11.2 Å². The molecule has 0 aliphatic heterocycles. The Morgan fingerprint density at radius 3 is 2.44 bits per heavy atom. The number of nitrogens with zero attached hydrogens (tertiary/aromatic N) is 2. The van der Waals surface area contributed by atoms with E-state index in [1.165, 1.54) is 18.2 Å². The van der Waals surface area contributed by atoms with E-state index in [-0.39, 0.29) is 17.9 Å². The number of ether oxygens (including phenoxy) is 1. The Hall–Kier alpha value is -3.46. The second-order valence-corrected chi connectivity index (χ2v) is 5.71. The lowest BCUT2D eigenvalue weighted by Crippen LogP contribution is -2.26. The zero-order valence-electron chi connectivity index (χ0n) is 14.3. The van der Waals surface area contributed by atoms with Crippen LogP contribution in [0, 0.1) is 5.82 Å². The van der Waals surface area contributed by atoms with Crippen LogP contribution in [0.25, 0.3) is 22.2 Å². The van der Waals surface area contributed by atoms with Crippen molar-refractivity contribution in [3.05, 3.63) is 47.8 Å². The SMILES string of the molecule is COCCNC(=O)c1ccc2oc(Nc3nc4cc(F)ccc4o3)nc2c1. The maximum atomic E-state index is 13.2. The molecular weight excluding hydrogens is 355 g/mol. The smallest absolute Gasteiger partial charge is 0.303 e. The lowest BCUT2D eigenvalue weighted by Gasteiger charge is -2.03. The number of carbonyl (C=O) groups excluding carboxylic acids is 1. The summed E-state index contributed by atoms with van der Waals surface area (Å²) in [5, 5.41) is 5.53. The second kappa shape index (κ2) is 7.04. The largest absolute Gasteiger partial charge is 0.423 e. The zero-order chi connectivity index (χ0) is 18.8. The monoisotopic (exact) mass is 370 g/mol. The molecule has 0 aliphatic carbocycles. The summed E-state index contributed by atoms with van der Waals surface area (Å²) >= 11 is 0. The molecule has 4 aromatic rings. The van der Waals surface area contributed by atoms with E-state index in [1.807, 2.05) is 0 Å². The Labute approximate surface area is 152 Å². The maximum Gasteiger partial charge on any atom is 0.303 e. The number of oxazole rings is 2. The minimum atomic E-state index is -0.402. The highest BCUT2D eigenvalue weighted by atomic mass is 19.1. The summed E-state index contributed by atoms with van der Waals surface area (Å²) in [5.74, 6) is -0.632. The van der Waals surface area contributed by atoms with Crippen LogP contribution in [0.2, 0.25) is 0 Å². The van der Waals surface area contributed by atoms with Crippen molar-refractivity contribution in [3.63, 3.8) is 0 Å². The van der Waals surface area contributed by atoms with Crippen LogP contribution in [0.1, 0.15) is 10.4 Å². The number of hydrogen-bond donors (Lipinski definition) is 2. The number of anilines is 2. The third kappa shape index (κ3) is 3.58. The molecule has 0 saturated heterocycles. The van der Waals surface area contributed by atoms with Gasteiger partial charge in [0, 0.05) is 25.3 Å². The second-order valence-electron chi connectivity index (χ2n) is 5.71. The summed E-state index contributed by atoms with van der Waals surface area (Å²) in [6.07, 6.45) is 0. The summed E-state index contributed by atoms with van der Waals surface area (Å²) < 4.78 is 29.2. The molecule has 0 atom stereocenters. The molecular formula is C18H15FN4O4. The molecule has 0 radical (unpaired) electrons. The van der Waals surface area contributed by atoms with E-state index in [1.54, 1.807) is 25.3 Å². The van der Waals surface area contributed by atoms with E-state index in [9.17, 15) is 9.18 Å². The quantitative estimate of drug-likeness (QED) is 0.502. The molecule has 0 saturated carbocycles. The summed E-state index contributed by atoms with van der Waals surface area (Å²) in [6.45, 7) is 0.845. The molecule has 1 amide bonds. The normalized spacial score (nSPS) is 11.2. The molecule has 0 aliphatic rings. The highest BCUT2D eigenvalue weighted by Crippen LogP contribution is 2.25. The number of aromatic nitrogens is 2. The van der Waals surface area contributed by atoms with Gasteiger partial charge in [0.2, 0.25) is 0 Å². The lowest BCUT2D eigenvalue weighted by atomic mass is 10.2. The van der Waals surface area contributed by atoms with Crippen molar-refractivity contribution in [1.29, 1.82) is 0 Å². The Bertz CT molecular complexity index is 1120. The summed E-state index contributed by atoms with van der Waals surface area (Å²) in [7, 11) is 1.56. The van der Waals surface area contributed by atoms with Crippen LogP contribution in [-0.2, 0) is 4.74 Å². The van der Waals surface area contributed by atoms with Crippen molar-refractivity contribution < 1.29 is 22.8 Å². The van der Waals surface area contributed by atoms with Crippen LogP contribution in [0.15, 0.2) is 45.2 Å². The van der Waals surface area contributed by atoms with Crippen molar-refractivity contribution in [2.24, 2.45) is 0 Å². The van der Waals surface area contributed by atoms with E-state index in [4.69, 9.17) is 13.6 Å². The first-order valence-electron chi connectivity index (χ1n) is 8.13. The van der Waals surface area contributed by atoms with Gasteiger partial charge in [-0.1, -0.05) is 0 Å². The molecule has 4 rings (SSSR count). The van der Waals surface area contributed by atoms with Crippen molar-refractivity contribution >= 4 is 40.1 Å². The minimum Gasteiger partial charge on any atom is -0.423 e. The van der Waals surface area contributed by atoms with Gasteiger partial charge in [0.1, 0.15) is 16.9 Å². The molecule has 9 heteroatoms. The van der Waals surface area contributed by atoms with Gasteiger partial charge in [-0.15, -0.1) is 0 Å². The fourth-order valence-corrected chi connectivity index (χ4v) is 2.54. The molecule has 0 bridgehead atoms. The fraction of sp³-hybridized carbons (Fsp3) is 0.167. The minimum absolute atomic E-state index is 0.125. The molecule has 0 fully saturated rings. The first-order chi connectivity index (χ1) is 13.1. The van der Waals surface area contributed by atoms with Gasteiger partial charge in [0.05, 0.1) is 6.61 Å². The maximum absolute atomic E-state index is 13.2. The lowest BCUT2D eigenvalue weighted by molar-refractivity contribution is 0.0937. The van der Waals surface area contributed by atoms with Gasteiger partial charge < -0.3 is 18.9 Å². The molecule has 0 unspecified atom stereocenters. The van der Waals surface area contributed by atoms with Crippen LogP contribution in [0.4, 0.5) is 16.4 Å². The molecule has 2 aromatic heterocycles. The van der Waals surface area contributed by atoms with Crippen LogP contribution in [-0.4, -0.2) is 36.1 Å². The van der Waals surface area contributed by atoms with Gasteiger partial charge in [-0.3, -0.25) is 10.1 Å². The van der Waals surface area contributed by atoms with Gasteiger partial charge in [-0.05, 0) is 30.3 Å². The highest BCUT2D eigenvalue weighted by Gasteiger charge is 2.13. The predicted molar refractivity (Wildman–Crippen MR) is 95.5 cm³/mol. The van der Waals surface area contributed by atoms with Crippen molar-refractivity contribution in [2.75, 3.05) is 25.6 Å². The number of halogens is 1. The van der Waals surface area contributed by atoms with E-state index in [0.717, 1.165) is 0 Å². The van der Waals surface area contributed by atoms with E-state index >= 15 is 0 Å². The number of fused-ring (bicyclic) bond motifs is 2. The Kier molecular flexibility index (Phi) is 4.43. The molecule has 0 spiro atoms. The van der Waals surface area contributed by atoms with Crippen molar-refractivity contribution in [3.8, 4) is 0 Å². The molecule has 8 nitrogen and oxygen atoms in total. The zero-order valence-corrected chi connectivity index (χ0v) is 14.3. The van der Waals surface area contributed by atoms with Gasteiger partial charge in [-0.2, -0.15) is 9.97 Å². The predicted octanol–water partition coefficient (Wildman–Crippen LogP) is 3.23. The molecule has 2 N–H and O–H groups in total. The van der Waals surface area contributed by atoms with Crippen molar-refractivity contribution in [1.82, 2.24) is 15.3 Å². The van der Waals surface area contributed by atoms with Crippen LogP contribution < -0.4 is 10.6 Å². The first kappa shape index (κ1) is 17.0. The molecule has 2 aromatic carbocycles. The summed E-state index contributed by atoms with van der Waals surface area (Å²) in [5.41, 5.74) is 2.26. The van der Waals surface area contributed by atoms with Gasteiger partial charge in [0.25, 0.3) is 5.91 Å². The number of methoxy groups -OCH3 is 1. The Morgan fingerprint density at radius 2 is 1.74 bits per heavy atom. The topological polar surface area (TPSA) is 102 Å². The van der Waals surface area contributed by atoms with Crippen LogP contribution in [0.3, 0.4) is 0 Å². The number of benzene rings is 2. The average Bonchev–Trinajstić information content (AvgIpc) is 3.23.